The molecule has 0 heterocycles. The Hall–Kier alpha value is -0.910. The molecule has 0 bridgehead atoms. The molecule has 0 fully saturated rings. The van der Waals surface area contributed by atoms with Crippen LogP contribution in [0.4, 0.5) is 0 Å². The van der Waals surface area contributed by atoms with Gasteiger partial charge in [0.2, 0.25) is 0 Å². The third-order valence-corrected chi connectivity index (χ3v) is 4.20. The first kappa shape index (κ1) is 11.6. The fraction of sp³-hybridized carbons (Fsp3) is 0.0909. The number of halogens is 1. The van der Waals surface area contributed by atoms with E-state index in [1.165, 1.54) is 0 Å². The number of hydrogen-bond acceptors (Lipinski definition) is 3. The second-order valence-corrected chi connectivity index (χ2v) is 5.81. The molecule has 2 aromatic carbocycles. The highest BCUT2D eigenvalue weighted by Crippen LogP contribution is 2.28. The number of hydrogen-bond donors (Lipinski definition) is 0. The molecule has 5 heteroatoms. The Morgan fingerprint density at radius 2 is 1.88 bits per heavy atom. The van der Waals surface area contributed by atoms with Crippen molar-refractivity contribution in [1.82, 2.24) is 0 Å². The van der Waals surface area contributed by atoms with E-state index in [1.807, 2.05) is 24.3 Å². The van der Waals surface area contributed by atoms with Crippen molar-refractivity contribution >= 4 is 36.8 Å². The van der Waals surface area contributed by atoms with Crippen LogP contribution in [0.3, 0.4) is 0 Å². The van der Waals surface area contributed by atoms with Gasteiger partial charge in [-0.25, -0.2) is 0 Å². The molecule has 0 aliphatic rings. The molecule has 0 aromatic heterocycles. The molecular weight excluding hydrogens is 292 g/mol. The summed E-state index contributed by atoms with van der Waals surface area (Å²) in [6, 6.07) is 10.7. The molecule has 84 valence electrons. The second kappa shape index (κ2) is 4.16. The highest BCUT2D eigenvalue weighted by Gasteiger charge is 2.14. The van der Waals surface area contributed by atoms with E-state index in [0.717, 1.165) is 22.4 Å². The van der Waals surface area contributed by atoms with Gasteiger partial charge in [-0.3, -0.25) is 4.18 Å². The van der Waals surface area contributed by atoms with Gasteiger partial charge in [-0.2, -0.15) is 8.42 Å². The zero-order valence-electron chi connectivity index (χ0n) is 8.48. The van der Waals surface area contributed by atoms with Crippen LogP contribution < -0.4 is 0 Å². The molecule has 0 atom stereocenters. The van der Waals surface area contributed by atoms with Crippen LogP contribution in [0.1, 0.15) is 0 Å². The molecule has 0 spiro atoms. The first-order chi connectivity index (χ1) is 7.54. The molecule has 16 heavy (non-hydrogen) atoms. The summed E-state index contributed by atoms with van der Waals surface area (Å²) in [6.07, 6.45) is 0. The number of rotatable bonds is 2. The molecule has 0 saturated carbocycles. The van der Waals surface area contributed by atoms with Gasteiger partial charge in [0.1, 0.15) is 0 Å². The summed E-state index contributed by atoms with van der Waals surface area (Å²) >= 11 is 3.35. The highest BCUT2D eigenvalue weighted by atomic mass is 79.9. The maximum atomic E-state index is 11.6. The number of fused-ring (bicyclic) bond motifs is 1. The first-order valence-corrected chi connectivity index (χ1v) is 6.73. The van der Waals surface area contributed by atoms with Crippen LogP contribution in [0.5, 0.6) is 0 Å². The lowest BCUT2D eigenvalue weighted by molar-refractivity contribution is 0.398. The normalized spacial score (nSPS) is 11.9. The van der Waals surface area contributed by atoms with Crippen molar-refractivity contribution in [2.45, 2.75) is 4.90 Å². The standard InChI is InChI=1S/C11H9BrO3S/c1-15-16(13,14)9-6-8-4-2-3-5-10(8)11(12)7-9/h2-7H,1H3. The van der Waals surface area contributed by atoms with Crippen molar-refractivity contribution in [3.63, 3.8) is 0 Å². The summed E-state index contributed by atoms with van der Waals surface area (Å²) in [5, 5.41) is 1.82. The minimum atomic E-state index is -3.64. The van der Waals surface area contributed by atoms with E-state index in [1.54, 1.807) is 12.1 Å². The van der Waals surface area contributed by atoms with Crippen molar-refractivity contribution in [3.8, 4) is 0 Å². The Morgan fingerprint density at radius 1 is 1.19 bits per heavy atom. The highest BCUT2D eigenvalue weighted by molar-refractivity contribution is 9.10. The van der Waals surface area contributed by atoms with Crippen LogP contribution in [-0.2, 0) is 14.3 Å². The minimum Gasteiger partial charge on any atom is -0.270 e. The molecule has 0 aliphatic carbocycles. The van der Waals surface area contributed by atoms with Gasteiger partial charge in [-0.1, -0.05) is 40.2 Å². The zero-order valence-corrected chi connectivity index (χ0v) is 10.9. The summed E-state index contributed by atoms with van der Waals surface area (Å²) in [5.41, 5.74) is 0. The Kier molecular flexibility index (Phi) is 3.01. The molecule has 0 unspecified atom stereocenters. The van der Waals surface area contributed by atoms with Gasteiger partial charge >= 0.3 is 0 Å². The molecule has 2 aromatic rings. The van der Waals surface area contributed by atoms with E-state index in [0.29, 0.717) is 0 Å². The van der Waals surface area contributed by atoms with Crippen LogP contribution in [0.15, 0.2) is 45.8 Å². The summed E-state index contributed by atoms with van der Waals surface area (Å²) in [7, 11) is -2.49. The quantitative estimate of drug-likeness (QED) is 0.801. The first-order valence-electron chi connectivity index (χ1n) is 4.53. The Bertz CT molecular complexity index is 635. The van der Waals surface area contributed by atoms with Crippen LogP contribution in [-0.4, -0.2) is 15.5 Å². The SMILES string of the molecule is COS(=O)(=O)c1cc(Br)c2ccccc2c1. The molecule has 0 amide bonds. The third kappa shape index (κ3) is 1.98. The second-order valence-electron chi connectivity index (χ2n) is 3.25. The summed E-state index contributed by atoms with van der Waals surface area (Å²) in [6.45, 7) is 0. The van der Waals surface area contributed by atoms with E-state index in [2.05, 4.69) is 20.1 Å². The van der Waals surface area contributed by atoms with E-state index in [9.17, 15) is 8.42 Å². The van der Waals surface area contributed by atoms with Crippen molar-refractivity contribution in [2.24, 2.45) is 0 Å². The molecule has 2 rings (SSSR count). The average molecular weight is 301 g/mol. The maximum absolute atomic E-state index is 11.6. The van der Waals surface area contributed by atoms with Gasteiger partial charge in [0.25, 0.3) is 10.1 Å². The summed E-state index contributed by atoms with van der Waals surface area (Å²) in [5.74, 6) is 0. The predicted molar refractivity (Wildman–Crippen MR) is 65.8 cm³/mol. The van der Waals surface area contributed by atoms with Gasteiger partial charge in [0, 0.05) is 4.47 Å². The molecule has 0 aliphatic heterocycles. The molecular formula is C11H9BrO3S. The fourth-order valence-electron chi connectivity index (χ4n) is 1.48. The van der Waals surface area contributed by atoms with Crippen molar-refractivity contribution in [3.05, 3.63) is 40.9 Å². The van der Waals surface area contributed by atoms with Crippen LogP contribution in [0.25, 0.3) is 10.8 Å². The van der Waals surface area contributed by atoms with Crippen LogP contribution in [0.2, 0.25) is 0 Å². The van der Waals surface area contributed by atoms with Gasteiger partial charge in [-0.15, -0.1) is 0 Å². The van der Waals surface area contributed by atoms with Gasteiger partial charge in [-0.05, 0) is 22.9 Å². The zero-order chi connectivity index (χ0) is 11.8. The smallest absolute Gasteiger partial charge is 0.270 e. The van der Waals surface area contributed by atoms with Gasteiger partial charge in [0.05, 0.1) is 12.0 Å². The van der Waals surface area contributed by atoms with Crippen molar-refractivity contribution < 1.29 is 12.6 Å². The number of benzene rings is 2. The van der Waals surface area contributed by atoms with E-state index < -0.39 is 10.1 Å². The van der Waals surface area contributed by atoms with E-state index in [-0.39, 0.29) is 4.90 Å². The third-order valence-electron chi connectivity index (χ3n) is 2.29. The van der Waals surface area contributed by atoms with Gasteiger partial charge in [0.15, 0.2) is 0 Å². The van der Waals surface area contributed by atoms with E-state index in [4.69, 9.17) is 0 Å². The van der Waals surface area contributed by atoms with Crippen molar-refractivity contribution in [2.75, 3.05) is 7.11 Å². The Labute approximate surface area is 102 Å². The van der Waals surface area contributed by atoms with Crippen LogP contribution >= 0.6 is 15.9 Å². The lowest BCUT2D eigenvalue weighted by atomic mass is 10.1. The molecule has 0 N–H and O–H groups in total. The molecule has 0 saturated heterocycles. The molecule has 3 nitrogen and oxygen atoms in total. The largest absolute Gasteiger partial charge is 0.296 e. The average Bonchev–Trinajstić information content (AvgIpc) is 2.29. The summed E-state index contributed by atoms with van der Waals surface area (Å²) in [4.78, 5) is 0.153. The van der Waals surface area contributed by atoms with Crippen LogP contribution in [0, 0.1) is 0 Å². The fourth-order valence-corrected chi connectivity index (χ4v) is 2.96. The van der Waals surface area contributed by atoms with Crippen molar-refractivity contribution in [1.29, 1.82) is 0 Å². The van der Waals surface area contributed by atoms with E-state index >= 15 is 0 Å². The Morgan fingerprint density at radius 3 is 2.56 bits per heavy atom. The lowest BCUT2D eigenvalue weighted by Gasteiger charge is -2.05. The maximum Gasteiger partial charge on any atom is 0.296 e. The minimum absolute atomic E-state index is 0.153. The molecule has 0 radical (unpaired) electrons. The van der Waals surface area contributed by atoms with Gasteiger partial charge < -0.3 is 0 Å². The lowest BCUT2D eigenvalue weighted by Crippen LogP contribution is -2.02. The summed E-state index contributed by atoms with van der Waals surface area (Å²) < 4.78 is 28.3. The monoisotopic (exact) mass is 300 g/mol. The topological polar surface area (TPSA) is 43.4 Å². The predicted octanol–water partition coefficient (Wildman–Crippen LogP) is 2.94. The Balaban J connectivity index is 2.77.